The first-order valence-corrected chi connectivity index (χ1v) is 9.97. The average molecular weight is 379 g/mol. The molecular formula is C22H21NO3S. The van der Waals surface area contributed by atoms with Crippen molar-refractivity contribution in [3.8, 4) is 5.75 Å². The minimum absolute atomic E-state index is 0.111. The number of benzene rings is 2. The zero-order valence-electron chi connectivity index (χ0n) is 15.2. The van der Waals surface area contributed by atoms with Crippen LogP contribution in [0.15, 0.2) is 60.2 Å². The molecule has 138 valence electrons. The Hall–Kier alpha value is -2.53. The van der Waals surface area contributed by atoms with Crippen LogP contribution in [0.3, 0.4) is 0 Å². The summed E-state index contributed by atoms with van der Waals surface area (Å²) in [6, 6.07) is 12.2. The van der Waals surface area contributed by atoms with E-state index in [9.17, 15) is 9.59 Å². The minimum atomic E-state index is -0.320. The van der Waals surface area contributed by atoms with Crippen LogP contribution in [0.5, 0.6) is 5.75 Å². The molecule has 1 fully saturated rings. The second-order valence-corrected chi connectivity index (χ2v) is 8.02. The number of carbonyl (C=O) groups is 2. The lowest BCUT2D eigenvalue weighted by atomic mass is 10.0. The molecule has 1 unspecified atom stereocenters. The van der Waals surface area contributed by atoms with Gasteiger partial charge in [-0.05, 0) is 53.3 Å². The highest BCUT2D eigenvalue weighted by atomic mass is 32.2. The lowest BCUT2D eigenvalue weighted by Gasteiger charge is -2.11. The highest BCUT2D eigenvalue weighted by molar-refractivity contribution is 8.15. The number of thioether (sulfide) groups is 1. The van der Waals surface area contributed by atoms with Gasteiger partial charge in [0.05, 0.1) is 5.25 Å². The van der Waals surface area contributed by atoms with Gasteiger partial charge in [0.15, 0.2) is 0 Å². The molecule has 0 bridgehead atoms. The van der Waals surface area contributed by atoms with Crippen molar-refractivity contribution in [1.29, 1.82) is 0 Å². The fourth-order valence-electron chi connectivity index (χ4n) is 3.33. The first-order chi connectivity index (χ1) is 13.1. The minimum Gasteiger partial charge on any atom is -0.489 e. The average Bonchev–Trinajstić information content (AvgIpc) is 2.94. The van der Waals surface area contributed by atoms with E-state index >= 15 is 0 Å². The Bertz CT molecular complexity index is 963. The van der Waals surface area contributed by atoms with Gasteiger partial charge in [-0.15, -0.1) is 0 Å². The van der Waals surface area contributed by atoms with Crippen molar-refractivity contribution in [2.75, 3.05) is 13.7 Å². The van der Waals surface area contributed by atoms with Crippen LogP contribution in [0.2, 0.25) is 0 Å². The van der Waals surface area contributed by atoms with Crippen LogP contribution in [-0.2, 0) is 11.2 Å². The zero-order chi connectivity index (χ0) is 18.8. The Morgan fingerprint density at radius 1 is 1.11 bits per heavy atom. The van der Waals surface area contributed by atoms with E-state index in [1.165, 1.54) is 10.5 Å². The first-order valence-electron chi connectivity index (χ1n) is 9.09. The summed E-state index contributed by atoms with van der Waals surface area (Å²) in [6.07, 6.45) is 9.28. The van der Waals surface area contributed by atoms with Crippen molar-refractivity contribution in [1.82, 2.24) is 4.90 Å². The highest BCUT2D eigenvalue weighted by Crippen LogP contribution is 2.30. The van der Waals surface area contributed by atoms with Gasteiger partial charge in [-0.3, -0.25) is 14.5 Å². The van der Waals surface area contributed by atoms with Crippen molar-refractivity contribution < 1.29 is 14.3 Å². The molecule has 1 heterocycles. The summed E-state index contributed by atoms with van der Waals surface area (Å²) < 4.78 is 5.92. The Kier molecular flexibility index (Phi) is 5.03. The summed E-state index contributed by atoms with van der Waals surface area (Å²) in [4.78, 5) is 25.0. The third kappa shape index (κ3) is 3.93. The lowest BCUT2D eigenvalue weighted by Crippen LogP contribution is -2.28. The smallest absolute Gasteiger partial charge is 0.288 e. The van der Waals surface area contributed by atoms with Gasteiger partial charge in [0, 0.05) is 7.05 Å². The van der Waals surface area contributed by atoms with Crippen molar-refractivity contribution in [2.45, 2.75) is 24.5 Å². The lowest BCUT2D eigenvalue weighted by molar-refractivity contribution is -0.125. The summed E-state index contributed by atoms with van der Waals surface area (Å²) in [5.74, 6) is 0.740. The molecular weight excluding hydrogens is 358 g/mol. The zero-order valence-corrected chi connectivity index (χ0v) is 16.0. The first kappa shape index (κ1) is 17.9. The van der Waals surface area contributed by atoms with Gasteiger partial charge in [0.1, 0.15) is 12.4 Å². The molecule has 2 aromatic carbocycles. The molecule has 0 N–H and O–H groups in total. The molecule has 1 saturated heterocycles. The van der Waals surface area contributed by atoms with Crippen LogP contribution >= 0.6 is 11.8 Å². The second-order valence-electron chi connectivity index (χ2n) is 6.86. The van der Waals surface area contributed by atoms with E-state index in [0.29, 0.717) is 13.0 Å². The molecule has 0 aromatic heterocycles. The van der Waals surface area contributed by atoms with Crippen molar-refractivity contribution in [3.63, 3.8) is 0 Å². The topological polar surface area (TPSA) is 46.6 Å². The van der Waals surface area contributed by atoms with Gasteiger partial charge in [-0.1, -0.05) is 54.3 Å². The number of rotatable bonds is 5. The number of imide groups is 1. The molecule has 0 saturated carbocycles. The molecule has 1 atom stereocenters. The number of carbonyl (C=O) groups excluding carboxylic acids is 2. The van der Waals surface area contributed by atoms with E-state index in [4.69, 9.17) is 4.74 Å². The number of allylic oxidation sites excluding steroid dienone is 2. The van der Waals surface area contributed by atoms with E-state index < -0.39 is 0 Å². The summed E-state index contributed by atoms with van der Waals surface area (Å²) in [7, 11) is 1.54. The number of amides is 2. The predicted molar refractivity (Wildman–Crippen MR) is 109 cm³/mol. The Labute approximate surface area is 162 Å². The SMILES string of the molecule is CN1C(=O)SC(Cc2ccc3cc(OCC4=CCCC=C4)ccc3c2)C1=O. The van der Waals surface area contributed by atoms with Gasteiger partial charge in [-0.2, -0.15) is 0 Å². The maximum Gasteiger partial charge on any atom is 0.288 e. The highest BCUT2D eigenvalue weighted by Gasteiger charge is 2.36. The van der Waals surface area contributed by atoms with E-state index in [1.54, 1.807) is 7.05 Å². The molecule has 2 aliphatic rings. The largest absolute Gasteiger partial charge is 0.489 e. The molecule has 4 rings (SSSR count). The monoisotopic (exact) mass is 379 g/mol. The summed E-state index contributed by atoms with van der Waals surface area (Å²) in [5.41, 5.74) is 2.28. The van der Waals surface area contributed by atoms with Crippen molar-refractivity contribution >= 4 is 33.7 Å². The van der Waals surface area contributed by atoms with Crippen LogP contribution in [0.1, 0.15) is 18.4 Å². The summed E-state index contributed by atoms with van der Waals surface area (Å²) in [6.45, 7) is 0.586. The van der Waals surface area contributed by atoms with Crippen LogP contribution in [0.25, 0.3) is 10.8 Å². The molecule has 0 radical (unpaired) electrons. The molecule has 1 aliphatic carbocycles. The van der Waals surface area contributed by atoms with E-state index in [-0.39, 0.29) is 16.4 Å². The third-order valence-corrected chi connectivity index (χ3v) is 6.03. The second kappa shape index (κ2) is 7.61. The molecule has 2 amide bonds. The standard InChI is InChI=1S/C22H21NO3S/c1-23-21(24)20(27-22(23)25)12-16-7-8-18-13-19(10-9-17(18)11-16)26-14-15-5-3-2-4-6-15/h3,5-11,13,20H,2,4,12,14H2,1H3. The quantitative estimate of drug-likeness (QED) is 0.753. The Morgan fingerprint density at radius 3 is 2.67 bits per heavy atom. The van der Waals surface area contributed by atoms with Gasteiger partial charge in [0.25, 0.3) is 5.24 Å². The Morgan fingerprint density at radius 2 is 1.93 bits per heavy atom. The number of hydrogen-bond donors (Lipinski definition) is 0. The molecule has 2 aromatic rings. The molecule has 1 aliphatic heterocycles. The van der Waals surface area contributed by atoms with Crippen LogP contribution < -0.4 is 4.74 Å². The van der Waals surface area contributed by atoms with Gasteiger partial charge < -0.3 is 4.74 Å². The molecule has 0 spiro atoms. The van der Waals surface area contributed by atoms with Crippen LogP contribution in [-0.4, -0.2) is 35.0 Å². The van der Waals surface area contributed by atoms with E-state index in [1.807, 2.05) is 30.3 Å². The number of hydrogen-bond acceptors (Lipinski definition) is 4. The maximum absolute atomic E-state index is 12.1. The van der Waals surface area contributed by atoms with Gasteiger partial charge in [-0.25, -0.2) is 0 Å². The van der Waals surface area contributed by atoms with E-state index in [0.717, 1.165) is 46.7 Å². The van der Waals surface area contributed by atoms with E-state index in [2.05, 4.69) is 24.3 Å². The van der Waals surface area contributed by atoms with Gasteiger partial charge in [0.2, 0.25) is 5.91 Å². The predicted octanol–water partition coefficient (Wildman–Crippen LogP) is 4.73. The molecule has 27 heavy (non-hydrogen) atoms. The Balaban J connectivity index is 1.45. The summed E-state index contributed by atoms with van der Waals surface area (Å²) >= 11 is 1.11. The normalized spacial score (nSPS) is 19.7. The maximum atomic E-state index is 12.1. The summed E-state index contributed by atoms with van der Waals surface area (Å²) in [5, 5.41) is 1.71. The fraction of sp³-hybridized carbons (Fsp3) is 0.273. The van der Waals surface area contributed by atoms with Crippen molar-refractivity contribution in [3.05, 3.63) is 65.8 Å². The van der Waals surface area contributed by atoms with Crippen LogP contribution in [0.4, 0.5) is 4.79 Å². The number of ether oxygens (including phenoxy) is 1. The van der Waals surface area contributed by atoms with Gasteiger partial charge >= 0.3 is 0 Å². The number of fused-ring (bicyclic) bond motifs is 1. The fourth-order valence-corrected chi connectivity index (χ4v) is 4.36. The van der Waals surface area contributed by atoms with Crippen molar-refractivity contribution in [2.24, 2.45) is 0 Å². The molecule has 5 heteroatoms. The third-order valence-electron chi connectivity index (χ3n) is 4.90. The van der Waals surface area contributed by atoms with Crippen LogP contribution in [0, 0.1) is 0 Å². The number of nitrogens with zero attached hydrogens (tertiary/aromatic N) is 1. The molecule has 4 nitrogen and oxygen atoms in total.